The summed E-state index contributed by atoms with van der Waals surface area (Å²) in [7, 11) is -3.35. The molecular weight excluding hydrogens is 815 g/mol. The lowest BCUT2D eigenvalue weighted by Crippen LogP contribution is -2.49. The second-order valence-corrected chi connectivity index (χ2v) is 17.3. The number of phenolic OH excluding ortho intramolecular Hbond substituents is 1. The third-order valence-corrected chi connectivity index (χ3v) is 12.3. The molecule has 3 amide bonds. The quantitative estimate of drug-likeness (QED) is 0.0764. The van der Waals surface area contributed by atoms with Crippen LogP contribution in [-0.2, 0) is 29.0 Å². The molecule has 2 aliphatic rings. The standard InChI is InChI=1S/C46H47N5O10S/c1-62(57,58)35-13-5-30(6-14-35)36-15-7-31-27-32(52)8-16-37(31)44(36)61-34-11-9-33(10-12-34)60-26-20-47-19-25-59-29-43(54)50-23-21-49(22-24-50)40-4-2-3-38-39(40)28-51(46(38)56)41-17-18-42(53)48-45(41)55/h2-16,27-28,41,47,52,56H,17-26,29H2,1H3,(H,48,53,55). The second kappa shape index (κ2) is 18.2. The topological polar surface area (TPSA) is 189 Å². The van der Waals surface area contributed by atoms with E-state index < -0.39 is 21.8 Å². The van der Waals surface area contributed by atoms with Crippen molar-refractivity contribution in [1.82, 2.24) is 20.1 Å². The highest BCUT2D eigenvalue weighted by atomic mass is 32.2. The molecule has 15 nitrogen and oxygen atoms in total. The molecule has 3 heterocycles. The van der Waals surface area contributed by atoms with Gasteiger partial charge >= 0.3 is 0 Å². The van der Waals surface area contributed by atoms with E-state index >= 15 is 0 Å². The van der Waals surface area contributed by atoms with E-state index in [2.05, 4.69) is 15.5 Å². The van der Waals surface area contributed by atoms with Crippen LogP contribution in [0.4, 0.5) is 5.69 Å². The maximum atomic E-state index is 12.9. The van der Waals surface area contributed by atoms with Crippen molar-refractivity contribution in [2.24, 2.45) is 0 Å². The van der Waals surface area contributed by atoms with Gasteiger partial charge in [-0.3, -0.25) is 19.7 Å². The molecule has 4 N–H and O–H groups in total. The highest BCUT2D eigenvalue weighted by molar-refractivity contribution is 7.90. The number of sulfone groups is 1. The summed E-state index contributed by atoms with van der Waals surface area (Å²) in [6.45, 7) is 4.04. The molecule has 5 aromatic carbocycles. The molecule has 8 rings (SSSR count). The monoisotopic (exact) mass is 861 g/mol. The summed E-state index contributed by atoms with van der Waals surface area (Å²) in [5.74, 6) is 1.08. The van der Waals surface area contributed by atoms with Crippen molar-refractivity contribution in [3.63, 3.8) is 0 Å². The van der Waals surface area contributed by atoms with Gasteiger partial charge in [-0.05, 0) is 90.2 Å². The summed E-state index contributed by atoms with van der Waals surface area (Å²) in [6.07, 6.45) is 3.47. The normalized spacial score (nSPS) is 15.9. The molecule has 1 atom stereocenters. The van der Waals surface area contributed by atoms with Crippen LogP contribution in [0.25, 0.3) is 32.7 Å². The number of aromatic hydroxyl groups is 2. The van der Waals surface area contributed by atoms with Crippen LogP contribution < -0.4 is 25.0 Å². The summed E-state index contributed by atoms with van der Waals surface area (Å²) in [6, 6.07) is 27.6. The first kappa shape index (κ1) is 42.1. The number of imide groups is 1. The summed E-state index contributed by atoms with van der Waals surface area (Å²) in [5.41, 5.74) is 2.44. The molecule has 0 saturated carbocycles. The fraction of sp³-hybridized carbons (Fsp3) is 0.283. The van der Waals surface area contributed by atoms with Gasteiger partial charge in [0.15, 0.2) is 15.7 Å². The Morgan fingerprint density at radius 1 is 0.839 bits per heavy atom. The molecule has 322 valence electrons. The minimum absolute atomic E-state index is 0.0146. The van der Waals surface area contributed by atoms with Crippen LogP contribution in [0.5, 0.6) is 28.9 Å². The number of rotatable bonds is 15. The summed E-state index contributed by atoms with van der Waals surface area (Å²) < 4.78 is 43.6. The number of amides is 3. The van der Waals surface area contributed by atoms with Gasteiger partial charge in [-0.25, -0.2) is 8.42 Å². The van der Waals surface area contributed by atoms with E-state index in [4.69, 9.17) is 14.2 Å². The molecule has 2 fully saturated rings. The number of hydrogen-bond donors (Lipinski definition) is 4. The number of hydrogen-bond acceptors (Lipinski definition) is 12. The zero-order valence-electron chi connectivity index (χ0n) is 34.1. The van der Waals surface area contributed by atoms with Gasteiger partial charge in [0, 0.05) is 85.6 Å². The number of piperazine rings is 1. The lowest BCUT2D eigenvalue weighted by molar-refractivity contribution is -0.137. The van der Waals surface area contributed by atoms with Gasteiger partial charge in [0.25, 0.3) is 0 Å². The molecule has 2 saturated heterocycles. The maximum Gasteiger partial charge on any atom is 0.249 e. The largest absolute Gasteiger partial charge is 0.508 e. The Morgan fingerprint density at radius 3 is 2.32 bits per heavy atom. The molecule has 2 aliphatic heterocycles. The summed E-state index contributed by atoms with van der Waals surface area (Å²) in [4.78, 5) is 41.3. The predicted molar refractivity (Wildman–Crippen MR) is 234 cm³/mol. The van der Waals surface area contributed by atoms with E-state index in [0.717, 1.165) is 33.0 Å². The zero-order chi connectivity index (χ0) is 43.4. The van der Waals surface area contributed by atoms with Gasteiger partial charge in [0.1, 0.15) is 42.3 Å². The number of aromatic nitrogens is 1. The molecule has 0 spiro atoms. The second-order valence-electron chi connectivity index (χ2n) is 15.3. The highest BCUT2D eigenvalue weighted by Gasteiger charge is 2.31. The Balaban J connectivity index is 0.762. The van der Waals surface area contributed by atoms with E-state index in [1.54, 1.807) is 76.3 Å². The molecular formula is C46H47N5O10S. The Hall–Kier alpha value is -6.62. The lowest BCUT2D eigenvalue weighted by atomic mass is 9.99. The lowest BCUT2D eigenvalue weighted by Gasteiger charge is -2.36. The van der Waals surface area contributed by atoms with Crippen molar-refractivity contribution in [3.05, 3.63) is 103 Å². The summed E-state index contributed by atoms with van der Waals surface area (Å²) >= 11 is 0. The molecule has 1 unspecified atom stereocenters. The van der Waals surface area contributed by atoms with Crippen LogP contribution in [0.15, 0.2) is 108 Å². The number of phenols is 1. The fourth-order valence-corrected chi connectivity index (χ4v) is 8.50. The van der Waals surface area contributed by atoms with Crippen LogP contribution >= 0.6 is 0 Å². The molecule has 62 heavy (non-hydrogen) atoms. The Morgan fingerprint density at radius 2 is 1.58 bits per heavy atom. The van der Waals surface area contributed by atoms with Gasteiger partial charge in [-0.15, -0.1) is 0 Å². The molecule has 6 aromatic rings. The molecule has 0 radical (unpaired) electrons. The summed E-state index contributed by atoms with van der Waals surface area (Å²) in [5, 5.41) is 29.7. The Labute approximate surface area is 358 Å². The molecule has 1 aromatic heterocycles. The average molecular weight is 862 g/mol. The van der Waals surface area contributed by atoms with Gasteiger partial charge in [-0.1, -0.05) is 24.3 Å². The van der Waals surface area contributed by atoms with Crippen LogP contribution in [0.1, 0.15) is 18.9 Å². The van der Waals surface area contributed by atoms with Crippen LogP contribution in [0.3, 0.4) is 0 Å². The average Bonchev–Trinajstić information content (AvgIpc) is 3.60. The van der Waals surface area contributed by atoms with E-state index in [1.807, 2.05) is 36.4 Å². The van der Waals surface area contributed by atoms with Crippen molar-refractivity contribution >= 4 is 54.8 Å². The van der Waals surface area contributed by atoms with Gasteiger partial charge in [0.05, 0.1) is 11.5 Å². The minimum atomic E-state index is -3.35. The zero-order valence-corrected chi connectivity index (χ0v) is 34.9. The first-order valence-corrected chi connectivity index (χ1v) is 22.3. The number of benzene rings is 5. The van der Waals surface area contributed by atoms with Gasteiger partial charge < -0.3 is 44.1 Å². The molecule has 0 bridgehead atoms. The third kappa shape index (κ3) is 9.32. The molecule has 0 aliphatic carbocycles. The number of carbonyl (C=O) groups excluding carboxylic acids is 3. The number of nitrogens with one attached hydrogen (secondary N) is 2. The number of ether oxygens (including phenoxy) is 3. The van der Waals surface area contributed by atoms with E-state index in [9.17, 15) is 33.0 Å². The Kier molecular flexibility index (Phi) is 12.3. The van der Waals surface area contributed by atoms with Crippen molar-refractivity contribution in [2.45, 2.75) is 23.8 Å². The number of anilines is 1. The fourth-order valence-electron chi connectivity index (χ4n) is 7.87. The number of piperidine rings is 1. The van der Waals surface area contributed by atoms with Crippen LogP contribution in [0.2, 0.25) is 0 Å². The number of nitrogens with zero attached hydrogens (tertiary/aromatic N) is 3. The van der Waals surface area contributed by atoms with Crippen LogP contribution in [0, 0.1) is 0 Å². The third-order valence-electron chi connectivity index (χ3n) is 11.1. The van der Waals surface area contributed by atoms with Crippen molar-refractivity contribution in [3.8, 4) is 40.0 Å². The van der Waals surface area contributed by atoms with Crippen molar-refractivity contribution in [1.29, 1.82) is 0 Å². The van der Waals surface area contributed by atoms with E-state index in [-0.39, 0.29) is 41.4 Å². The minimum Gasteiger partial charge on any atom is -0.508 e. The van der Waals surface area contributed by atoms with Gasteiger partial charge in [0.2, 0.25) is 17.7 Å². The van der Waals surface area contributed by atoms with E-state index in [1.165, 1.54) is 6.26 Å². The van der Waals surface area contributed by atoms with Crippen LogP contribution in [-0.4, -0.2) is 111 Å². The number of carbonyl (C=O) groups is 3. The van der Waals surface area contributed by atoms with Gasteiger partial charge in [-0.2, -0.15) is 0 Å². The highest BCUT2D eigenvalue weighted by Crippen LogP contribution is 2.41. The predicted octanol–water partition coefficient (Wildman–Crippen LogP) is 5.38. The number of fused-ring (bicyclic) bond motifs is 2. The van der Waals surface area contributed by atoms with E-state index in [0.29, 0.717) is 81.5 Å². The smallest absolute Gasteiger partial charge is 0.249 e. The first-order valence-electron chi connectivity index (χ1n) is 20.4. The molecule has 16 heteroatoms. The van der Waals surface area contributed by atoms with Crippen molar-refractivity contribution in [2.75, 3.05) is 70.2 Å². The Bertz CT molecular complexity index is 2730. The van der Waals surface area contributed by atoms with Crippen molar-refractivity contribution < 1.29 is 47.2 Å². The maximum absolute atomic E-state index is 12.9. The SMILES string of the molecule is CS(=O)(=O)c1ccc(-c2ccc3cc(O)ccc3c2Oc2ccc(OCCNCCOCC(=O)N3CCN(c4cccc5c(O)n(C6CCC(=O)NC6=O)cc45)CC3)cc2)cc1. The first-order chi connectivity index (χ1) is 29.9.